The van der Waals surface area contributed by atoms with Crippen LogP contribution in [0.5, 0.6) is 0 Å². The molecule has 2 saturated heterocycles. The van der Waals surface area contributed by atoms with Gasteiger partial charge in [-0.1, -0.05) is 31.9 Å². The number of anilines is 2. The average Bonchev–Trinajstić information content (AvgIpc) is 2.77. The van der Waals surface area contributed by atoms with E-state index in [4.69, 9.17) is 0 Å². The van der Waals surface area contributed by atoms with Crippen molar-refractivity contribution in [2.75, 3.05) is 23.7 Å². The Morgan fingerprint density at radius 3 is 1.50 bits per heavy atom. The molecule has 0 unspecified atom stereocenters. The third-order valence-electron chi connectivity index (χ3n) is 6.87. The molecule has 4 aliphatic heterocycles. The molecule has 2 aromatic rings. The van der Waals surface area contributed by atoms with Crippen LogP contribution < -0.4 is 10.6 Å². The molecule has 0 saturated carbocycles. The van der Waals surface area contributed by atoms with Crippen molar-refractivity contribution >= 4 is 75.1 Å². The van der Waals surface area contributed by atoms with E-state index in [0.717, 1.165) is 22.0 Å². The highest BCUT2D eigenvalue weighted by atomic mass is 79.9. The summed E-state index contributed by atoms with van der Waals surface area (Å²) >= 11 is 14.4. The second-order valence-corrected chi connectivity index (χ2v) is 12.6. The van der Waals surface area contributed by atoms with Gasteiger partial charge in [-0.3, -0.25) is 9.80 Å². The first kappa shape index (κ1) is 23.6. The fraction of sp³-hybridized carbons (Fsp3) is 0.500. The summed E-state index contributed by atoms with van der Waals surface area (Å²) in [4.78, 5) is 5.09. The van der Waals surface area contributed by atoms with E-state index in [2.05, 4.69) is 108 Å². The standard InChI is InChI=1S/2C12H14Br2N2/c2*13-9-5-8-7-16-4-2-1-3-11(16)15-12(8)10(14)6-9/h2*5-6,11,15H,1-4,7H2/t2*11-/m10/s1. The van der Waals surface area contributed by atoms with Crippen LogP contribution in [-0.4, -0.2) is 35.2 Å². The van der Waals surface area contributed by atoms with Crippen LogP contribution >= 0.6 is 63.7 Å². The Kier molecular flexibility index (Phi) is 7.56. The molecule has 2 N–H and O–H groups in total. The maximum Gasteiger partial charge on any atom is 0.0796 e. The van der Waals surface area contributed by atoms with E-state index >= 15 is 0 Å². The van der Waals surface area contributed by atoms with Crippen LogP contribution in [0.25, 0.3) is 0 Å². The topological polar surface area (TPSA) is 30.5 Å². The van der Waals surface area contributed by atoms with Crippen molar-refractivity contribution in [3.8, 4) is 0 Å². The van der Waals surface area contributed by atoms with Crippen molar-refractivity contribution in [3.63, 3.8) is 0 Å². The van der Waals surface area contributed by atoms with Crippen LogP contribution in [0.4, 0.5) is 11.4 Å². The number of nitrogens with zero attached hydrogens (tertiary/aromatic N) is 2. The van der Waals surface area contributed by atoms with Crippen LogP contribution in [0, 0.1) is 0 Å². The van der Waals surface area contributed by atoms with Crippen LogP contribution in [0.3, 0.4) is 0 Å². The lowest BCUT2D eigenvalue weighted by atomic mass is 10.0. The molecule has 4 aliphatic rings. The summed E-state index contributed by atoms with van der Waals surface area (Å²) in [5, 5.41) is 7.31. The number of hydrogen-bond acceptors (Lipinski definition) is 4. The Labute approximate surface area is 224 Å². The van der Waals surface area contributed by atoms with Gasteiger partial charge in [0.1, 0.15) is 0 Å². The molecule has 4 heterocycles. The molecule has 2 fully saturated rings. The van der Waals surface area contributed by atoms with Crippen LogP contribution in [0.1, 0.15) is 49.7 Å². The molecule has 0 aromatic heterocycles. The second kappa shape index (κ2) is 10.2. The van der Waals surface area contributed by atoms with Gasteiger partial charge in [0, 0.05) is 44.1 Å². The summed E-state index contributed by atoms with van der Waals surface area (Å²) < 4.78 is 4.63. The van der Waals surface area contributed by atoms with Crippen molar-refractivity contribution in [1.29, 1.82) is 0 Å². The van der Waals surface area contributed by atoms with E-state index in [1.165, 1.54) is 83.1 Å². The highest BCUT2D eigenvalue weighted by molar-refractivity contribution is 9.11. The molecule has 0 amide bonds. The zero-order valence-electron chi connectivity index (χ0n) is 17.9. The molecule has 8 heteroatoms. The lowest BCUT2D eigenvalue weighted by molar-refractivity contribution is 0.151. The van der Waals surface area contributed by atoms with Gasteiger partial charge in [-0.15, -0.1) is 0 Å². The SMILES string of the molecule is Brc1cc(Br)c2c(c1)CN1CCCC[C@@H]1N2.Brc1cc(Br)c2c(c1)CN1CCCC[C@H]1N2. The van der Waals surface area contributed by atoms with E-state index in [1.54, 1.807) is 0 Å². The molecule has 32 heavy (non-hydrogen) atoms. The average molecular weight is 692 g/mol. The van der Waals surface area contributed by atoms with Gasteiger partial charge in [0.15, 0.2) is 0 Å². The highest BCUT2D eigenvalue weighted by Gasteiger charge is 2.29. The van der Waals surface area contributed by atoms with Crippen molar-refractivity contribution in [1.82, 2.24) is 9.80 Å². The molecule has 0 aliphatic carbocycles. The quantitative estimate of drug-likeness (QED) is 0.294. The predicted octanol–water partition coefficient (Wildman–Crippen LogP) is 7.90. The first-order valence-corrected chi connectivity index (χ1v) is 14.6. The Balaban J connectivity index is 0.000000135. The lowest BCUT2D eigenvalue weighted by Gasteiger charge is -2.41. The minimum Gasteiger partial charge on any atom is -0.368 e. The fourth-order valence-electron chi connectivity index (χ4n) is 5.28. The van der Waals surface area contributed by atoms with Gasteiger partial charge in [0.05, 0.1) is 23.7 Å². The van der Waals surface area contributed by atoms with E-state index in [-0.39, 0.29) is 0 Å². The Morgan fingerprint density at radius 2 is 1.06 bits per heavy atom. The summed E-state index contributed by atoms with van der Waals surface area (Å²) in [6.07, 6.45) is 8.97. The smallest absolute Gasteiger partial charge is 0.0796 e. The van der Waals surface area contributed by atoms with E-state index in [1.807, 2.05) is 0 Å². The van der Waals surface area contributed by atoms with Crippen molar-refractivity contribution in [2.24, 2.45) is 0 Å². The second-order valence-electron chi connectivity index (χ2n) is 9.10. The number of rotatable bonds is 0. The minimum atomic E-state index is 0.540. The summed E-state index contributed by atoms with van der Waals surface area (Å²) in [7, 11) is 0. The molecule has 4 nitrogen and oxygen atoms in total. The van der Waals surface area contributed by atoms with Crippen LogP contribution in [0.2, 0.25) is 0 Å². The number of fused-ring (bicyclic) bond motifs is 4. The maximum atomic E-state index is 3.65. The molecule has 2 atom stereocenters. The summed E-state index contributed by atoms with van der Waals surface area (Å²) in [5.74, 6) is 0. The summed E-state index contributed by atoms with van der Waals surface area (Å²) in [5.41, 5.74) is 5.34. The molecule has 2 aromatic carbocycles. The fourth-order valence-corrected chi connectivity index (χ4v) is 8.14. The first-order valence-electron chi connectivity index (χ1n) is 11.4. The van der Waals surface area contributed by atoms with Crippen molar-refractivity contribution in [3.05, 3.63) is 53.3 Å². The van der Waals surface area contributed by atoms with E-state index < -0.39 is 0 Å². The number of hydrogen-bond donors (Lipinski definition) is 2. The van der Waals surface area contributed by atoms with Crippen molar-refractivity contribution in [2.45, 2.75) is 63.9 Å². The summed E-state index contributed by atoms with van der Waals surface area (Å²) in [6.45, 7) is 4.60. The number of piperidine rings is 2. The largest absolute Gasteiger partial charge is 0.368 e. The predicted molar refractivity (Wildman–Crippen MR) is 147 cm³/mol. The van der Waals surface area contributed by atoms with Gasteiger partial charge >= 0.3 is 0 Å². The molecule has 0 bridgehead atoms. The Bertz CT molecular complexity index is 919. The zero-order chi connectivity index (χ0) is 22.2. The monoisotopic (exact) mass is 688 g/mol. The molecule has 172 valence electrons. The van der Waals surface area contributed by atoms with Crippen LogP contribution in [-0.2, 0) is 13.1 Å². The minimum absolute atomic E-state index is 0.540. The van der Waals surface area contributed by atoms with Gasteiger partial charge < -0.3 is 10.6 Å². The Morgan fingerprint density at radius 1 is 0.625 bits per heavy atom. The van der Waals surface area contributed by atoms with Gasteiger partial charge in [-0.2, -0.15) is 0 Å². The number of benzene rings is 2. The van der Waals surface area contributed by atoms with Gasteiger partial charge in [0.2, 0.25) is 0 Å². The molecule has 6 rings (SSSR count). The van der Waals surface area contributed by atoms with E-state index in [9.17, 15) is 0 Å². The maximum absolute atomic E-state index is 3.65. The van der Waals surface area contributed by atoms with E-state index in [0.29, 0.717) is 12.3 Å². The zero-order valence-corrected chi connectivity index (χ0v) is 24.3. The first-order chi connectivity index (χ1) is 15.5. The third-order valence-corrected chi connectivity index (χ3v) is 9.04. The summed E-state index contributed by atoms with van der Waals surface area (Å²) in [6, 6.07) is 8.67. The lowest BCUT2D eigenvalue weighted by Crippen LogP contribution is -2.46. The van der Waals surface area contributed by atoms with Gasteiger partial charge in [0.25, 0.3) is 0 Å². The Hall–Kier alpha value is -0.120. The molecule has 0 radical (unpaired) electrons. The van der Waals surface area contributed by atoms with Gasteiger partial charge in [-0.25, -0.2) is 0 Å². The van der Waals surface area contributed by atoms with Crippen molar-refractivity contribution < 1.29 is 0 Å². The molecule has 0 spiro atoms. The number of nitrogens with one attached hydrogen (secondary N) is 2. The van der Waals surface area contributed by atoms with Gasteiger partial charge in [-0.05, 0) is 106 Å². The normalized spacial score (nSPS) is 24.5. The molecular weight excluding hydrogens is 664 g/mol. The third kappa shape index (κ3) is 5.10. The molecular formula is C24H28Br4N4. The number of halogens is 4. The highest BCUT2D eigenvalue weighted by Crippen LogP contribution is 2.38. The van der Waals surface area contributed by atoms with Crippen LogP contribution in [0.15, 0.2) is 42.2 Å².